The Balaban J connectivity index is 2.55. The lowest BCUT2D eigenvalue weighted by Crippen LogP contribution is -2.35. The van der Waals surface area contributed by atoms with E-state index >= 15 is 0 Å². The van der Waals surface area contributed by atoms with Gasteiger partial charge in [0.15, 0.2) is 0 Å². The van der Waals surface area contributed by atoms with E-state index in [0.29, 0.717) is 6.54 Å². The molecule has 0 aliphatic heterocycles. The summed E-state index contributed by atoms with van der Waals surface area (Å²) in [5.74, 6) is 0. The topological polar surface area (TPSA) is 58.4 Å². The predicted molar refractivity (Wildman–Crippen MR) is 75.5 cm³/mol. The lowest BCUT2D eigenvalue weighted by atomic mass is 10.2. The van der Waals surface area contributed by atoms with Crippen molar-refractivity contribution in [3.63, 3.8) is 0 Å². The van der Waals surface area contributed by atoms with Crippen LogP contribution in [-0.4, -0.2) is 24.0 Å². The highest BCUT2D eigenvalue weighted by atomic mass is 16.2. The maximum atomic E-state index is 12.0. The van der Waals surface area contributed by atoms with Crippen LogP contribution in [0.1, 0.15) is 32.3 Å². The fourth-order valence-corrected chi connectivity index (χ4v) is 1.68. The summed E-state index contributed by atoms with van der Waals surface area (Å²) < 4.78 is 0. The van der Waals surface area contributed by atoms with Crippen molar-refractivity contribution in [3.8, 4) is 0 Å². The molecule has 0 radical (unpaired) electrons. The van der Waals surface area contributed by atoms with Gasteiger partial charge in [0.25, 0.3) is 0 Å². The number of nitrogens with zero attached hydrogens (tertiary/aromatic N) is 1. The minimum Gasteiger partial charge on any atom is -0.326 e. The molecule has 2 amide bonds. The molecule has 0 aliphatic rings. The van der Waals surface area contributed by atoms with Crippen LogP contribution in [0.4, 0.5) is 10.5 Å². The number of hydrogen-bond acceptors (Lipinski definition) is 2. The third-order valence-electron chi connectivity index (χ3n) is 2.89. The van der Waals surface area contributed by atoms with Gasteiger partial charge in [-0.2, -0.15) is 0 Å². The van der Waals surface area contributed by atoms with Crippen LogP contribution in [0.15, 0.2) is 24.3 Å². The normalized spacial score (nSPS) is 10.2. The second-order valence-electron chi connectivity index (χ2n) is 4.26. The molecular weight excluding hydrogens is 226 g/mol. The van der Waals surface area contributed by atoms with E-state index in [2.05, 4.69) is 12.2 Å². The summed E-state index contributed by atoms with van der Waals surface area (Å²) in [6.45, 7) is 6.17. The van der Waals surface area contributed by atoms with E-state index in [1.54, 1.807) is 0 Å². The summed E-state index contributed by atoms with van der Waals surface area (Å²) in [5.41, 5.74) is 7.40. The van der Waals surface area contributed by atoms with Gasteiger partial charge in [0.05, 0.1) is 0 Å². The summed E-state index contributed by atoms with van der Waals surface area (Å²) in [5, 5.41) is 2.90. The maximum absolute atomic E-state index is 12.0. The number of unbranched alkanes of at least 4 members (excludes halogenated alkanes) is 1. The first-order chi connectivity index (χ1) is 8.71. The van der Waals surface area contributed by atoms with Crippen LogP contribution >= 0.6 is 0 Å². The first-order valence-electron chi connectivity index (χ1n) is 6.56. The van der Waals surface area contributed by atoms with Gasteiger partial charge in [-0.05, 0) is 31.0 Å². The van der Waals surface area contributed by atoms with E-state index in [9.17, 15) is 4.79 Å². The minimum absolute atomic E-state index is 0.0357. The number of anilines is 1. The lowest BCUT2D eigenvalue weighted by molar-refractivity contribution is 0.213. The summed E-state index contributed by atoms with van der Waals surface area (Å²) in [6, 6.07) is 7.59. The van der Waals surface area contributed by atoms with Crippen molar-refractivity contribution in [1.29, 1.82) is 0 Å². The minimum atomic E-state index is -0.0357. The lowest BCUT2D eigenvalue weighted by Gasteiger charge is -2.21. The zero-order valence-corrected chi connectivity index (χ0v) is 11.3. The summed E-state index contributed by atoms with van der Waals surface area (Å²) in [4.78, 5) is 13.8. The third-order valence-corrected chi connectivity index (χ3v) is 2.89. The largest absolute Gasteiger partial charge is 0.326 e. The van der Waals surface area contributed by atoms with Gasteiger partial charge in [-0.15, -0.1) is 0 Å². The molecule has 1 aromatic carbocycles. The van der Waals surface area contributed by atoms with E-state index in [-0.39, 0.29) is 6.03 Å². The number of amides is 2. The van der Waals surface area contributed by atoms with Crippen LogP contribution in [0.2, 0.25) is 0 Å². The quantitative estimate of drug-likeness (QED) is 0.814. The molecule has 0 aliphatic carbocycles. The van der Waals surface area contributed by atoms with Crippen molar-refractivity contribution in [2.75, 3.05) is 18.4 Å². The molecule has 0 bridgehead atoms. The molecule has 3 N–H and O–H groups in total. The van der Waals surface area contributed by atoms with Crippen molar-refractivity contribution in [1.82, 2.24) is 4.90 Å². The van der Waals surface area contributed by atoms with E-state index in [1.807, 2.05) is 36.1 Å². The van der Waals surface area contributed by atoms with Gasteiger partial charge in [0, 0.05) is 25.3 Å². The van der Waals surface area contributed by atoms with E-state index < -0.39 is 0 Å². The van der Waals surface area contributed by atoms with Gasteiger partial charge in [0.2, 0.25) is 0 Å². The zero-order valence-electron chi connectivity index (χ0n) is 11.3. The monoisotopic (exact) mass is 249 g/mol. The predicted octanol–water partition coefficient (Wildman–Crippen LogP) is 2.80. The number of benzene rings is 1. The number of carbonyl (C=O) groups is 1. The van der Waals surface area contributed by atoms with Crippen molar-refractivity contribution < 1.29 is 4.79 Å². The highest BCUT2D eigenvalue weighted by molar-refractivity contribution is 5.89. The highest BCUT2D eigenvalue weighted by Crippen LogP contribution is 2.10. The Morgan fingerprint density at radius 1 is 1.28 bits per heavy atom. The molecule has 100 valence electrons. The molecule has 0 saturated carbocycles. The average molecular weight is 249 g/mol. The van der Waals surface area contributed by atoms with Crippen molar-refractivity contribution in [3.05, 3.63) is 29.8 Å². The standard InChI is InChI=1S/C14H23N3O/c1-3-5-10-17(4-2)14(18)16-13-8-6-12(11-15)7-9-13/h6-9H,3-5,10-11,15H2,1-2H3,(H,16,18). The first-order valence-corrected chi connectivity index (χ1v) is 6.56. The van der Waals surface area contributed by atoms with Gasteiger partial charge < -0.3 is 16.0 Å². The van der Waals surface area contributed by atoms with E-state index in [1.165, 1.54) is 0 Å². The van der Waals surface area contributed by atoms with Gasteiger partial charge in [-0.25, -0.2) is 4.79 Å². The van der Waals surface area contributed by atoms with E-state index in [0.717, 1.165) is 37.2 Å². The maximum Gasteiger partial charge on any atom is 0.321 e. The molecular formula is C14H23N3O. The molecule has 0 saturated heterocycles. The smallest absolute Gasteiger partial charge is 0.321 e. The van der Waals surface area contributed by atoms with Crippen molar-refractivity contribution >= 4 is 11.7 Å². The second kappa shape index (κ2) is 7.71. The van der Waals surface area contributed by atoms with Crippen LogP contribution in [0.3, 0.4) is 0 Å². The Morgan fingerprint density at radius 3 is 2.44 bits per heavy atom. The molecule has 0 unspecified atom stereocenters. The number of urea groups is 1. The van der Waals surface area contributed by atoms with E-state index in [4.69, 9.17) is 5.73 Å². The van der Waals surface area contributed by atoms with Gasteiger partial charge >= 0.3 is 6.03 Å². The van der Waals surface area contributed by atoms with Crippen LogP contribution < -0.4 is 11.1 Å². The van der Waals surface area contributed by atoms with Crippen molar-refractivity contribution in [2.45, 2.75) is 33.2 Å². The van der Waals surface area contributed by atoms with Crippen molar-refractivity contribution in [2.24, 2.45) is 5.73 Å². The molecule has 0 aromatic heterocycles. The third kappa shape index (κ3) is 4.37. The van der Waals surface area contributed by atoms with Gasteiger partial charge in [0.1, 0.15) is 0 Å². The fraction of sp³-hybridized carbons (Fsp3) is 0.500. The van der Waals surface area contributed by atoms with Gasteiger partial charge in [-0.3, -0.25) is 0 Å². The molecule has 18 heavy (non-hydrogen) atoms. The summed E-state index contributed by atoms with van der Waals surface area (Å²) >= 11 is 0. The Bertz CT molecular complexity index is 362. The average Bonchev–Trinajstić information content (AvgIpc) is 2.40. The Labute approximate surface area is 109 Å². The molecule has 0 heterocycles. The molecule has 1 aromatic rings. The first kappa shape index (κ1) is 14.5. The highest BCUT2D eigenvalue weighted by Gasteiger charge is 2.10. The van der Waals surface area contributed by atoms with Crippen LogP contribution in [0.25, 0.3) is 0 Å². The van der Waals surface area contributed by atoms with Crippen LogP contribution in [0, 0.1) is 0 Å². The fourth-order valence-electron chi connectivity index (χ4n) is 1.68. The van der Waals surface area contributed by atoms with Crippen LogP contribution in [0.5, 0.6) is 0 Å². The summed E-state index contributed by atoms with van der Waals surface area (Å²) in [6.07, 6.45) is 2.13. The molecule has 0 fully saturated rings. The number of carbonyl (C=O) groups excluding carboxylic acids is 1. The molecule has 4 heteroatoms. The number of nitrogens with one attached hydrogen (secondary N) is 1. The molecule has 0 atom stereocenters. The molecule has 4 nitrogen and oxygen atoms in total. The second-order valence-corrected chi connectivity index (χ2v) is 4.26. The Kier molecular flexibility index (Phi) is 6.22. The Morgan fingerprint density at radius 2 is 1.94 bits per heavy atom. The SMILES string of the molecule is CCCCN(CC)C(=O)Nc1ccc(CN)cc1. The molecule has 1 rings (SSSR count). The number of nitrogens with two attached hydrogens (primary N) is 1. The molecule has 0 spiro atoms. The Hall–Kier alpha value is -1.55. The zero-order chi connectivity index (χ0) is 13.4. The number of hydrogen-bond donors (Lipinski definition) is 2. The number of rotatable bonds is 6. The van der Waals surface area contributed by atoms with Crippen LogP contribution in [-0.2, 0) is 6.54 Å². The summed E-state index contributed by atoms with van der Waals surface area (Å²) in [7, 11) is 0. The van der Waals surface area contributed by atoms with Gasteiger partial charge in [-0.1, -0.05) is 25.5 Å².